The van der Waals surface area contributed by atoms with Crippen LogP contribution < -0.4 is 20.9 Å². The third kappa shape index (κ3) is 5.38. The Balaban J connectivity index is 1.36. The van der Waals surface area contributed by atoms with Crippen LogP contribution in [0.4, 0.5) is 16.2 Å². The first-order valence-corrected chi connectivity index (χ1v) is 12.4. The first-order chi connectivity index (χ1) is 18.4. The zero-order valence-electron chi connectivity index (χ0n) is 20.9. The van der Waals surface area contributed by atoms with E-state index in [1.165, 1.54) is 0 Å². The normalized spacial score (nSPS) is 10.8. The molecular weight excluding hydrogens is 500 g/mol. The van der Waals surface area contributed by atoms with Crippen molar-refractivity contribution in [2.45, 2.75) is 13.5 Å². The number of halogens is 1. The Bertz CT molecular complexity index is 1680. The van der Waals surface area contributed by atoms with E-state index in [2.05, 4.69) is 15.6 Å². The number of ether oxygens (including phenoxy) is 1. The number of para-hydroxylation sites is 1. The van der Waals surface area contributed by atoms with Crippen LogP contribution in [0.1, 0.15) is 11.4 Å². The minimum absolute atomic E-state index is 0.179. The van der Waals surface area contributed by atoms with Gasteiger partial charge in [-0.05, 0) is 66.1 Å². The fourth-order valence-corrected chi connectivity index (χ4v) is 4.39. The molecule has 0 unspecified atom stereocenters. The van der Waals surface area contributed by atoms with Crippen LogP contribution in [0.3, 0.4) is 0 Å². The number of anilines is 2. The minimum Gasteiger partial charge on any atom is -0.497 e. The van der Waals surface area contributed by atoms with Gasteiger partial charge in [-0.15, -0.1) is 0 Å². The smallest absolute Gasteiger partial charge is 0.323 e. The first kappa shape index (κ1) is 25.0. The quantitative estimate of drug-likeness (QED) is 0.258. The van der Waals surface area contributed by atoms with Gasteiger partial charge in [0.25, 0.3) is 5.56 Å². The number of carbonyl (C=O) groups is 1. The van der Waals surface area contributed by atoms with Crippen LogP contribution in [-0.4, -0.2) is 22.7 Å². The third-order valence-corrected chi connectivity index (χ3v) is 6.57. The molecule has 8 heteroatoms. The highest BCUT2D eigenvalue weighted by atomic mass is 35.5. The van der Waals surface area contributed by atoms with Crippen LogP contribution in [0.15, 0.2) is 95.8 Å². The predicted octanol–water partition coefficient (Wildman–Crippen LogP) is 6.73. The molecule has 0 bridgehead atoms. The number of aryl methyl sites for hydroxylation is 1. The zero-order valence-corrected chi connectivity index (χ0v) is 21.6. The van der Waals surface area contributed by atoms with Crippen molar-refractivity contribution in [3.8, 4) is 16.9 Å². The maximum absolute atomic E-state index is 13.4. The second-order valence-electron chi connectivity index (χ2n) is 8.77. The van der Waals surface area contributed by atoms with E-state index < -0.39 is 6.03 Å². The molecular formula is C30H25ClN4O3. The lowest BCUT2D eigenvalue weighted by atomic mass is 10.0. The van der Waals surface area contributed by atoms with E-state index in [1.807, 2.05) is 55.5 Å². The Morgan fingerprint density at radius 3 is 2.29 bits per heavy atom. The Morgan fingerprint density at radius 1 is 0.921 bits per heavy atom. The second-order valence-corrected chi connectivity index (χ2v) is 9.17. The molecule has 0 saturated heterocycles. The largest absolute Gasteiger partial charge is 0.497 e. The van der Waals surface area contributed by atoms with E-state index in [4.69, 9.17) is 16.3 Å². The Hall–Kier alpha value is -4.62. The Kier molecular flexibility index (Phi) is 7.11. The van der Waals surface area contributed by atoms with Gasteiger partial charge in [0.1, 0.15) is 11.6 Å². The molecule has 0 radical (unpaired) electrons. The number of aromatic nitrogens is 2. The molecule has 5 aromatic rings. The number of rotatable bonds is 6. The molecule has 190 valence electrons. The number of carbonyl (C=O) groups excluding carboxylic acids is 1. The van der Waals surface area contributed by atoms with Crippen LogP contribution >= 0.6 is 11.6 Å². The van der Waals surface area contributed by atoms with Crippen LogP contribution in [0.5, 0.6) is 5.75 Å². The van der Waals surface area contributed by atoms with Gasteiger partial charge in [-0.1, -0.05) is 60.1 Å². The van der Waals surface area contributed by atoms with E-state index in [9.17, 15) is 9.59 Å². The number of benzene rings is 4. The lowest BCUT2D eigenvalue weighted by Crippen LogP contribution is -2.25. The SMILES string of the molecule is COc1ccc(-c2ccc(Cn3c(C)nc4ccc(NC(=O)Nc5ccccc5Cl)cc4c3=O)cc2)cc1. The average molecular weight is 525 g/mol. The molecule has 5 rings (SSSR count). The number of nitrogens with one attached hydrogen (secondary N) is 2. The highest BCUT2D eigenvalue weighted by Gasteiger charge is 2.12. The van der Waals surface area contributed by atoms with Crippen molar-refractivity contribution < 1.29 is 9.53 Å². The molecule has 38 heavy (non-hydrogen) atoms. The molecule has 0 aliphatic carbocycles. The summed E-state index contributed by atoms with van der Waals surface area (Å²) in [5.41, 5.74) is 4.48. The molecule has 4 aromatic carbocycles. The van der Waals surface area contributed by atoms with Gasteiger partial charge in [0, 0.05) is 5.69 Å². The third-order valence-electron chi connectivity index (χ3n) is 6.24. The van der Waals surface area contributed by atoms with Crippen molar-refractivity contribution in [2.24, 2.45) is 0 Å². The van der Waals surface area contributed by atoms with Crippen molar-refractivity contribution in [1.82, 2.24) is 9.55 Å². The summed E-state index contributed by atoms with van der Waals surface area (Å²) in [7, 11) is 1.64. The first-order valence-electron chi connectivity index (χ1n) is 12.0. The standard InChI is InChI=1S/C30H25ClN4O3/c1-19-32-27-16-13-23(33-30(37)34-28-6-4-3-5-26(28)31)17-25(27)29(36)35(19)18-20-7-9-21(10-8-20)22-11-14-24(38-2)15-12-22/h3-17H,18H2,1-2H3,(H2,33,34,37). The summed E-state index contributed by atoms with van der Waals surface area (Å²) in [5, 5.41) is 6.32. The van der Waals surface area contributed by atoms with Gasteiger partial charge in [-0.25, -0.2) is 9.78 Å². The van der Waals surface area contributed by atoms with Crippen molar-refractivity contribution in [3.05, 3.63) is 118 Å². The lowest BCUT2D eigenvalue weighted by Gasteiger charge is -2.13. The topological polar surface area (TPSA) is 85.2 Å². The van der Waals surface area contributed by atoms with Crippen molar-refractivity contribution in [3.63, 3.8) is 0 Å². The van der Waals surface area contributed by atoms with E-state index in [0.29, 0.717) is 39.7 Å². The molecule has 0 aliphatic heterocycles. The summed E-state index contributed by atoms with van der Waals surface area (Å²) in [6.07, 6.45) is 0. The number of nitrogens with zero attached hydrogens (tertiary/aromatic N) is 2. The van der Waals surface area contributed by atoms with Crippen molar-refractivity contribution in [2.75, 3.05) is 17.7 Å². The van der Waals surface area contributed by atoms with Crippen LogP contribution in [0.25, 0.3) is 22.0 Å². The molecule has 2 N–H and O–H groups in total. The van der Waals surface area contributed by atoms with Crippen LogP contribution in [0, 0.1) is 6.92 Å². The van der Waals surface area contributed by atoms with Gasteiger partial charge in [-0.3, -0.25) is 9.36 Å². The highest BCUT2D eigenvalue weighted by Crippen LogP contribution is 2.24. The van der Waals surface area contributed by atoms with Gasteiger partial charge >= 0.3 is 6.03 Å². The van der Waals surface area contributed by atoms with Crippen molar-refractivity contribution in [1.29, 1.82) is 0 Å². The summed E-state index contributed by atoms with van der Waals surface area (Å²) in [4.78, 5) is 30.6. The Morgan fingerprint density at radius 2 is 1.61 bits per heavy atom. The van der Waals surface area contributed by atoms with Gasteiger partial charge in [0.2, 0.25) is 0 Å². The highest BCUT2D eigenvalue weighted by molar-refractivity contribution is 6.33. The van der Waals surface area contributed by atoms with E-state index in [-0.39, 0.29) is 5.56 Å². The molecule has 7 nitrogen and oxygen atoms in total. The number of fused-ring (bicyclic) bond motifs is 1. The second kappa shape index (κ2) is 10.8. The average Bonchev–Trinajstić information content (AvgIpc) is 2.93. The Labute approximate surface area is 224 Å². The molecule has 0 spiro atoms. The number of methoxy groups -OCH3 is 1. The van der Waals surface area contributed by atoms with Gasteiger partial charge in [0.05, 0.1) is 35.3 Å². The molecule has 1 aromatic heterocycles. The summed E-state index contributed by atoms with van der Waals surface area (Å²) in [6, 6.07) is 27.5. The lowest BCUT2D eigenvalue weighted by molar-refractivity contribution is 0.262. The maximum Gasteiger partial charge on any atom is 0.323 e. The monoisotopic (exact) mass is 524 g/mol. The van der Waals surface area contributed by atoms with Gasteiger partial charge in [-0.2, -0.15) is 0 Å². The molecule has 2 amide bonds. The van der Waals surface area contributed by atoms with Crippen molar-refractivity contribution >= 4 is 39.9 Å². The van der Waals surface area contributed by atoms with Crippen LogP contribution in [-0.2, 0) is 6.54 Å². The fraction of sp³-hybridized carbons (Fsp3) is 0.100. The number of urea groups is 1. The van der Waals surface area contributed by atoms with E-state index in [1.54, 1.807) is 54.1 Å². The predicted molar refractivity (Wildman–Crippen MR) is 152 cm³/mol. The molecule has 0 fully saturated rings. The molecule has 0 atom stereocenters. The summed E-state index contributed by atoms with van der Waals surface area (Å²) < 4.78 is 6.87. The molecule has 0 aliphatic rings. The fourth-order valence-electron chi connectivity index (χ4n) is 4.21. The molecule has 0 saturated carbocycles. The van der Waals surface area contributed by atoms with E-state index >= 15 is 0 Å². The minimum atomic E-state index is -0.463. The number of hydrogen-bond acceptors (Lipinski definition) is 4. The summed E-state index contributed by atoms with van der Waals surface area (Å²) in [5.74, 6) is 1.42. The maximum atomic E-state index is 13.4. The number of amides is 2. The summed E-state index contributed by atoms with van der Waals surface area (Å²) in [6.45, 7) is 2.19. The zero-order chi connectivity index (χ0) is 26.6. The van der Waals surface area contributed by atoms with Gasteiger partial charge in [0.15, 0.2) is 0 Å². The number of hydrogen-bond donors (Lipinski definition) is 2. The van der Waals surface area contributed by atoms with Crippen LogP contribution in [0.2, 0.25) is 5.02 Å². The summed E-state index contributed by atoms with van der Waals surface area (Å²) >= 11 is 6.12. The van der Waals surface area contributed by atoms with Gasteiger partial charge < -0.3 is 15.4 Å². The molecule has 1 heterocycles. The van der Waals surface area contributed by atoms with E-state index in [0.717, 1.165) is 22.4 Å².